The topological polar surface area (TPSA) is 79.3 Å². The number of nitrogens with zero attached hydrogens (tertiary/aromatic N) is 1. The van der Waals surface area contributed by atoms with Gasteiger partial charge in [-0.3, -0.25) is 4.79 Å². The van der Waals surface area contributed by atoms with Gasteiger partial charge in [-0.15, -0.1) is 0 Å². The van der Waals surface area contributed by atoms with Crippen LogP contribution in [0.1, 0.15) is 67.4 Å². The molecule has 0 radical (unpaired) electrons. The lowest BCUT2D eigenvalue weighted by molar-refractivity contribution is 0.0690. The SMILES string of the molecule is CCCCCC(C)(C)CNC(=O)c1cccc(C(=O)O)n1. The Kier molecular flexibility index (Phi) is 6.34. The number of carboxylic acids is 1. The average Bonchev–Trinajstić information content (AvgIpc) is 2.45. The fourth-order valence-corrected chi connectivity index (χ4v) is 2.03. The summed E-state index contributed by atoms with van der Waals surface area (Å²) in [6.07, 6.45) is 4.56. The Bertz CT molecular complexity index is 498. The minimum atomic E-state index is -1.13. The van der Waals surface area contributed by atoms with E-state index in [1.165, 1.54) is 31.0 Å². The molecule has 0 unspecified atom stereocenters. The number of pyridine rings is 1. The summed E-state index contributed by atoms with van der Waals surface area (Å²) in [6, 6.07) is 4.41. The van der Waals surface area contributed by atoms with Crippen LogP contribution < -0.4 is 5.32 Å². The molecular formula is C16H24N2O3. The summed E-state index contributed by atoms with van der Waals surface area (Å²) < 4.78 is 0. The molecule has 0 saturated heterocycles. The molecule has 0 fully saturated rings. The quantitative estimate of drug-likeness (QED) is 0.721. The van der Waals surface area contributed by atoms with Crippen LogP contribution in [0.5, 0.6) is 0 Å². The molecule has 5 nitrogen and oxygen atoms in total. The van der Waals surface area contributed by atoms with Gasteiger partial charge in [-0.1, -0.05) is 46.1 Å². The summed E-state index contributed by atoms with van der Waals surface area (Å²) in [4.78, 5) is 26.7. The number of aromatic carboxylic acids is 1. The van der Waals surface area contributed by atoms with Gasteiger partial charge in [0.25, 0.3) is 5.91 Å². The number of rotatable bonds is 8. The van der Waals surface area contributed by atoms with Gasteiger partial charge in [0.15, 0.2) is 0 Å². The maximum absolute atomic E-state index is 12.0. The summed E-state index contributed by atoms with van der Waals surface area (Å²) in [6.45, 7) is 6.94. The van der Waals surface area contributed by atoms with Crippen LogP contribution in [0.15, 0.2) is 18.2 Å². The molecule has 0 aliphatic carbocycles. The number of carbonyl (C=O) groups is 2. The van der Waals surface area contributed by atoms with Gasteiger partial charge in [0.05, 0.1) is 0 Å². The van der Waals surface area contributed by atoms with Gasteiger partial charge in [-0.25, -0.2) is 9.78 Å². The van der Waals surface area contributed by atoms with Crippen molar-refractivity contribution in [3.05, 3.63) is 29.6 Å². The van der Waals surface area contributed by atoms with Crippen molar-refractivity contribution in [2.75, 3.05) is 6.54 Å². The summed E-state index contributed by atoms with van der Waals surface area (Å²) in [5.41, 5.74) is 0.0408. The van der Waals surface area contributed by atoms with Crippen molar-refractivity contribution >= 4 is 11.9 Å². The lowest BCUT2D eigenvalue weighted by Gasteiger charge is -2.24. The third kappa shape index (κ3) is 5.94. The molecule has 0 aromatic carbocycles. The van der Waals surface area contributed by atoms with E-state index in [9.17, 15) is 9.59 Å². The fourth-order valence-electron chi connectivity index (χ4n) is 2.03. The van der Waals surface area contributed by atoms with E-state index in [-0.39, 0.29) is 22.7 Å². The lowest BCUT2D eigenvalue weighted by Crippen LogP contribution is -2.34. The Balaban J connectivity index is 2.57. The van der Waals surface area contributed by atoms with E-state index in [1.807, 2.05) is 0 Å². The monoisotopic (exact) mass is 292 g/mol. The standard InChI is InChI=1S/C16H24N2O3/c1-4-5-6-10-16(2,3)11-17-14(19)12-8-7-9-13(18-12)15(20)21/h7-9H,4-6,10-11H2,1-3H3,(H,17,19)(H,20,21). The van der Waals surface area contributed by atoms with Gasteiger partial charge in [0.1, 0.15) is 11.4 Å². The molecule has 0 spiro atoms. The molecule has 21 heavy (non-hydrogen) atoms. The van der Waals surface area contributed by atoms with Crippen molar-refractivity contribution in [3.63, 3.8) is 0 Å². The second-order valence-corrected chi connectivity index (χ2v) is 6.02. The Labute approximate surface area is 125 Å². The molecule has 0 bridgehead atoms. The minimum absolute atomic E-state index is 0.0231. The predicted octanol–water partition coefficient (Wildman–Crippen LogP) is 3.12. The average molecular weight is 292 g/mol. The van der Waals surface area contributed by atoms with E-state index in [4.69, 9.17) is 5.11 Å². The van der Waals surface area contributed by atoms with E-state index in [2.05, 4.69) is 31.1 Å². The number of hydrogen-bond donors (Lipinski definition) is 2. The lowest BCUT2D eigenvalue weighted by atomic mass is 9.87. The van der Waals surface area contributed by atoms with Gasteiger partial charge in [0, 0.05) is 6.54 Å². The summed E-state index contributed by atoms with van der Waals surface area (Å²) in [5, 5.41) is 11.7. The fraction of sp³-hybridized carbons (Fsp3) is 0.562. The van der Waals surface area contributed by atoms with Crippen molar-refractivity contribution in [2.45, 2.75) is 46.5 Å². The molecular weight excluding hydrogens is 268 g/mol. The molecule has 5 heteroatoms. The first-order valence-corrected chi connectivity index (χ1v) is 7.34. The highest BCUT2D eigenvalue weighted by atomic mass is 16.4. The first-order valence-electron chi connectivity index (χ1n) is 7.34. The van der Waals surface area contributed by atoms with Crippen LogP contribution in [0.3, 0.4) is 0 Å². The second kappa shape index (κ2) is 7.76. The molecule has 0 aliphatic rings. The van der Waals surface area contributed by atoms with Crippen LogP contribution in [0.2, 0.25) is 0 Å². The molecule has 1 aromatic rings. The molecule has 0 atom stereocenters. The van der Waals surface area contributed by atoms with Crippen molar-refractivity contribution in [1.82, 2.24) is 10.3 Å². The van der Waals surface area contributed by atoms with E-state index in [1.54, 1.807) is 0 Å². The third-order valence-corrected chi connectivity index (χ3v) is 3.39. The normalized spacial score (nSPS) is 11.2. The number of carbonyl (C=O) groups excluding carboxylic acids is 1. The van der Waals surface area contributed by atoms with Gasteiger partial charge in [-0.05, 0) is 24.0 Å². The third-order valence-electron chi connectivity index (χ3n) is 3.39. The molecule has 1 amide bonds. The minimum Gasteiger partial charge on any atom is -0.477 e. The molecule has 2 N–H and O–H groups in total. The number of amides is 1. The van der Waals surface area contributed by atoms with Crippen molar-refractivity contribution in [3.8, 4) is 0 Å². The van der Waals surface area contributed by atoms with Crippen molar-refractivity contribution in [1.29, 1.82) is 0 Å². The van der Waals surface area contributed by atoms with Crippen LogP contribution in [-0.2, 0) is 0 Å². The van der Waals surface area contributed by atoms with E-state index < -0.39 is 5.97 Å². The van der Waals surface area contributed by atoms with Crippen molar-refractivity contribution in [2.24, 2.45) is 5.41 Å². The Morgan fingerprint density at radius 2 is 1.90 bits per heavy atom. The number of carboxylic acid groups (broad SMARTS) is 1. The van der Waals surface area contributed by atoms with Crippen LogP contribution in [-0.4, -0.2) is 28.5 Å². The number of hydrogen-bond acceptors (Lipinski definition) is 3. The number of nitrogens with one attached hydrogen (secondary N) is 1. The number of unbranched alkanes of at least 4 members (excludes halogenated alkanes) is 2. The molecule has 116 valence electrons. The highest BCUT2D eigenvalue weighted by molar-refractivity contribution is 5.94. The Morgan fingerprint density at radius 1 is 1.24 bits per heavy atom. The maximum atomic E-state index is 12.0. The van der Waals surface area contributed by atoms with Gasteiger partial charge < -0.3 is 10.4 Å². The molecule has 1 heterocycles. The van der Waals surface area contributed by atoms with E-state index >= 15 is 0 Å². The van der Waals surface area contributed by atoms with Crippen LogP contribution >= 0.6 is 0 Å². The zero-order valence-corrected chi connectivity index (χ0v) is 13.0. The predicted molar refractivity (Wildman–Crippen MR) is 81.5 cm³/mol. The largest absolute Gasteiger partial charge is 0.477 e. The van der Waals surface area contributed by atoms with Gasteiger partial charge in [0.2, 0.25) is 0 Å². The molecule has 0 saturated carbocycles. The van der Waals surface area contributed by atoms with Crippen LogP contribution in [0.4, 0.5) is 0 Å². The first kappa shape index (κ1) is 17.1. The van der Waals surface area contributed by atoms with Gasteiger partial charge >= 0.3 is 5.97 Å². The summed E-state index contributed by atoms with van der Waals surface area (Å²) in [5.74, 6) is -1.47. The zero-order chi connectivity index (χ0) is 15.9. The van der Waals surface area contributed by atoms with Crippen LogP contribution in [0, 0.1) is 5.41 Å². The van der Waals surface area contributed by atoms with Gasteiger partial charge in [-0.2, -0.15) is 0 Å². The van der Waals surface area contributed by atoms with Crippen LogP contribution in [0.25, 0.3) is 0 Å². The smallest absolute Gasteiger partial charge is 0.354 e. The molecule has 0 aliphatic heterocycles. The zero-order valence-electron chi connectivity index (χ0n) is 13.0. The number of aromatic nitrogens is 1. The summed E-state index contributed by atoms with van der Waals surface area (Å²) >= 11 is 0. The maximum Gasteiger partial charge on any atom is 0.354 e. The van der Waals surface area contributed by atoms with Crippen molar-refractivity contribution < 1.29 is 14.7 Å². The highest BCUT2D eigenvalue weighted by Gasteiger charge is 2.19. The Hall–Kier alpha value is -1.91. The Morgan fingerprint density at radius 3 is 2.52 bits per heavy atom. The second-order valence-electron chi connectivity index (χ2n) is 6.02. The highest BCUT2D eigenvalue weighted by Crippen LogP contribution is 2.22. The van der Waals surface area contributed by atoms with E-state index in [0.29, 0.717) is 6.54 Å². The summed E-state index contributed by atoms with van der Waals surface area (Å²) in [7, 11) is 0. The van der Waals surface area contributed by atoms with E-state index in [0.717, 1.165) is 12.8 Å². The molecule has 1 aromatic heterocycles. The molecule has 1 rings (SSSR count). The first-order chi connectivity index (χ1) is 9.85.